The summed E-state index contributed by atoms with van der Waals surface area (Å²) in [5.41, 5.74) is 0. The number of carbonyl (C=O) groups excluding carboxylic acids is 1. The Hall–Kier alpha value is -1.28. The maximum absolute atomic E-state index is 13.0. The summed E-state index contributed by atoms with van der Waals surface area (Å²) in [7, 11) is 1.59. The number of nitrogens with zero attached hydrogens (tertiary/aromatic N) is 1. The van der Waals surface area contributed by atoms with Crippen LogP contribution in [0.2, 0.25) is 0 Å². The Bertz CT molecular complexity index is 1350. The molecule has 0 aliphatic rings. The van der Waals surface area contributed by atoms with Crippen molar-refractivity contribution in [1.29, 1.82) is 0 Å². The summed E-state index contributed by atoms with van der Waals surface area (Å²) in [6, 6.07) is -0.843. The van der Waals surface area contributed by atoms with Crippen LogP contribution >= 0.6 is 7.82 Å². The maximum atomic E-state index is 13.0. The van der Waals surface area contributed by atoms with Crippen LogP contribution in [-0.4, -0.2) is 73.4 Å². The van der Waals surface area contributed by atoms with Gasteiger partial charge in [0.15, 0.2) is 0 Å². The van der Waals surface area contributed by atoms with Gasteiger partial charge in [-0.15, -0.1) is 0 Å². The summed E-state index contributed by atoms with van der Waals surface area (Å²) in [5, 5.41) is 13.9. The molecule has 3 N–H and O–H groups in total. The number of unbranched alkanes of at least 4 members (excludes halogenated alkanes) is 46. The second-order valence-corrected chi connectivity index (χ2v) is 26.0. The summed E-state index contributed by atoms with van der Waals surface area (Å²) in [6.07, 6.45) is 78.8. The molecule has 0 bridgehead atoms. The number of hydrogen-bond acceptors (Lipinski definition) is 5. The molecule has 456 valence electrons. The zero-order valence-corrected chi connectivity index (χ0v) is 53.1. The minimum absolute atomic E-state index is 0.0640. The van der Waals surface area contributed by atoms with Gasteiger partial charge in [0, 0.05) is 6.42 Å². The number of quaternary nitrogens is 1. The molecule has 3 atom stereocenters. The first-order valence-electron chi connectivity index (χ1n) is 33.9. The first-order valence-corrected chi connectivity index (χ1v) is 35.4. The lowest BCUT2D eigenvalue weighted by atomic mass is 10.0. The van der Waals surface area contributed by atoms with Gasteiger partial charge in [0.25, 0.3) is 0 Å². The van der Waals surface area contributed by atoms with Crippen LogP contribution < -0.4 is 5.32 Å². The fourth-order valence-corrected chi connectivity index (χ4v) is 11.0. The Balaban J connectivity index is 3.83. The van der Waals surface area contributed by atoms with Gasteiger partial charge in [0.2, 0.25) is 5.91 Å². The van der Waals surface area contributed by atoms with E-state index in [9.17, 15) is 19.4 Å². The van der Waals surface area contributed by atoms with Gasteiger partial charge < -0.3 is 19.8 Å². The molecule has 0 fully saturated rings. The Morgan fingerprint density at radius 1 is 0.442 bits per heavy atom. The third kappa shape index (κ3) is 62.2. The Morgan fingerprint density at radius 3 is 1.06 bits per heavy atom. The van der Waals surface area contributed by atoms with Crippen LogP contribution in [0, 0.1) is 0 Å². The highest BCUT2D eigenvalue weighted by molar-refractivity contribution is 7.47. The van der Waals surface area contributed by atoms with Crippen LogP contribution in [0.15, 0.2) is 36.5 Å². The van der Waals surface area contributed by atoms with Crippen molar-refractivity contribution in [2.45, 2.75) is 353 Å². The van der Waals surface area contributed by atoms with E-state index in [2.05, 4.69) is 43.5 Å². The summed E-state index contributed by atoms with van der Waals surface area (Å²) in [4.78, 5) is 23.3. The third-order valence-corrected chi connectivity index (χ3v) is 16.6. The number of amides is 1. The average molecular weight is 1110 g/mol. The van der Waals surface area contributed by atoms with Gasteiger partial charge in [0.05, 0.1) is 39.9 Å². The van der Waals surface area contributed by atoms with Crippen molar-refractivity contribution in [1.82, 2.24) is 5.32 Å². The molecular formula is C68H134N2O6P+. The van der Waals surface area contributed by atoms with Crippen LogP contribution in [0.5, 0.6) is 0 Å². The predicted octanol–water partition coefficient (Wildman–Crippen LogP) is 21.3. The highest BCUT2D eigenvalue weighted by Crippen LogP contribution is 2.43. The fraction of sp³-hybridized carbons (Fsp3) is 0.897. The van der Waals surface area contributed by atoms with Gasteiger partial charge in [-0.2, -0.15) is 0 Å². The van der Waals surface area contributed by atoms with Gasteiger partial charge in [0.1, 0.15) is 13.2 Å². The maximum Gasteiger partial charge on any atom is 0.472 e. The van der Waals surface area contributed by atoms with Crippen molar-refractivity contribution in [2.75, 3.05) is 40.9 Å². The Labute approximate surface area is 480 Å². The number of phosphoric acid groups is 1. The van der Waals surface area contributed by atoms with Gasteiger partial charge in [-0.3, -0.25) is 13.8 Å². The van der Waals surface area contributed by atoms with Crippen molar-refractivity contribution < 1.29 is 32.9 Å². The minimum atomic E-state index is -4.34. The van der Waals surface area contributed by atoms with E-state index in [0.29, 0.717) is 17.4 Å². The zero-order valence-electron chi connectivity index (χ0n) is 52.2. The monoisotopic (exact) mass is 1110 g/mol. The van der Waals surface area contributed by atoms with Gasteiger partial charge >= 0.3 is 7.82 Å². The highest BCUT2D eigenvalue weighted by Gasteiger charge is 2.28. The standard InChI is InChI=1S/C68H133N2O6P/c1-6-8-10-12-14-16-18-20-22-23-24-25-26-27-28-29-30-31-32-33-34-35-36-37-38-39-40-41-42-43-44-45-46-47-48-50-52-54-56-58-60-62-68(72)69-66(65-76-77(73,74)75-64-63-70(3,4)5)67(71)61-59-57-55-53-51-49-21-19-17-15-13-11-9-7-2/h18,20,23-24,59,61,66-67,71H,6-17,19,21-22,25-58,60,62-65H2,1-5H3,(H-,69,72,73,74)/p+1/b20-18-,24-23-,61-59+. The molecule has 0 spiro atoms. The van der Waals surface area contributed by atoms with E-state index < -0.39 is 20.0 Å². The molecule has 0 saturated heterocycles. The number of allylic oxidation sites excluding steroid dienone is 5. The minimum Gasteiger partial charge on any atom is -0.387 e. The number of phosphoric ester groups is 1. The third-order valence-electron chi connectivity index (χ3n) is 15.6. The van der Waals surface area contributed by atoms with E-state index in [0.717, 1.165) is 44.9 Å². The fourth-order valence-electron chi connectivity index (χ4n) is 10.3. The number of carbonyl (C=O) groups is 1. The van der Waals surface area contributed by atoms with Gasteiger partial charge in [-0.25, -0.2) is 4.57 Å². The number of nitrogens with one attached hydrogen (secondary N) is 1. The second kappa shape index (κ2) is 59.3. The topological polar surface area (TPSA) is 105 Å². The molecule has 0 heterocycles. The second-order valence-electron chi connectivity index (χ2n) is 24.6. The van der Waals surface area contributed by atoms with E-state index in [1.165, 1.54) is 276 Å². The van der Waals surface area contributed by atoms with Crippen LogP contribution in [0.4, 0.5) is 0 Å². The molecule has 0 aromatic rings. The van der Waals surface area contributed by atoms with Crippen molar-refractivity contribution in [2.24, 2.45) is 0 Å². The molecule has 77 heavy (non-hydrogen) atoms. The molecule has 1 amide bonds. The van der Waals surface area contributed by atoms with Crippen LogP contribution in [0.25, 0.3) is 0 Å². The smallest absolute Gasteiger partial charge is 0.387 e. The first kappa shape index (κ1) is 75.7. The average Bonchev–Trinajstić information content (AvgIpc) is 3.39. The Kier molecular flexibility index (Phi) is 58.4. The molecule has 0 aromatic carbocycles. The first-order chi connectivity index (χ1) is 37.5. The number of aliphatic hydroxyl groups excluding tert-OH is 1. The molecule has 0 aromatic heterocycles. The normalized spacial score (nSPS) is 13.9. The van der Waals surface area contributed by atoms with E-state index in [1.807, 2.05) is 27.2 Å². The summed E-state index contributed by atoms with van der Waals surface area (Å²) >= 11 is 0. The molecule has 0 rings (SSSR count). The van der Waals surface area contributed by atoms with Crippen molar-refractivity contribution in [3.63, 3.8) is 0 Å². The highest BCUT2D eigenvalue weighted by atomic mass is 31.2. The molecular weight excluding hydrogens is 972 g/mol. The molecule has 0 radical (unpaired) electrons. The molecule has 9 heteroatoms. The summed E-state index contributed by atoms with van der Waals surface area (Å²) < 4.78 is 23.7. The number of hydrogen-bond donors (Lipinski definition) is 3. The molecule has 0 aliphatic heterocycles. The zero-order chi connectivity index (χ0) is 56.3. The largest absolute Gasteiger partial charge is 0.472 e. The molecule has 8 nitrogen and oxygen atoms in total. The van der Waals surface area contributed by atoms with E-state index >= 15 is 0 Å². The van der Waals surface area contributed by atoms with E-state index in [-0.39, 0.29) is 19.1 Å². The quantitative estimate of drug-likeness (QED) is 0.0243. The SMILES string of the molecule is CCCCCCC/C=C\C/C=C\CCCCCCCCCCCCCCCCCCCCCCCCCCCCCCCC(=O)NC(COP(=O)(O)OCC[N+](C)(C)C)C(O)/C=C/CCCCCCCCCCCCCC. The number of rotatable bonds is 63. The molecule has 0 saturated carbocycles. The van der Waals surface area contributed by atoms with Crippen LogP contribution in [0.1, 0.15) is 341 Å². The lowest BCUT2D eigenvalue weighted by Gasteiger charge is -2.25. The molecule has 3 unspecified atom stereocenters. The Morgan fingerprint density at radius 2 is 0.740 bits per heavy atom. The summed E-state index contributed by atoms with van der Waals surface area (Å²) in [6.45, 7) is 4.84. The predicted molar refractivity (Wildman–Crippen MR) is 337 cm³/mol. The molecule has 0 aliphatic carbocycles. The van der Waals surface area contributed by atoms with E-state index in [4.69, 9.17) is 9.05 Å². The lowest BCUT2D eigenvalue weighted by Crippen LogP contribution is -2.45. The van der Waals surface area contributed by atoms with Gasteiger partial charge in [-0.1, -0.05) is 320 Å². The van der Waals surface area contributed by atoms with E-state index in [1.54, 1.807) is 6.08 Å². The lowest BCUT2D eigenvalue weighted by molar-refractivity contribution is -0.870. The number of aliphatic hydroxyl groups is 1. The summed E-state index contributed by atoms with van der Waals surface area (Å²) in [5.74, 6) is -0.171. The van der Waals surface area contributed by atoms with Crippen LogP contribution in [0.3, 0.4) is 0 Å². The van der Waals surface area contributed by atoms with Crippen molar-refractivity contribution >= 4 is 13.7 Å². The van der Waals surface area contributed by atoms with Crippen molar-refractivity contribution in [3.8, 4) is 0 Å². The van der Waals surface area contributed by atoms with Gasteiger partial charge in [-0.05, 0) is 51.4 Å². The number of likely N-dealkylation sites (N-methyl/N-ethyl adjacent to an activating group) is 1. The van der Waals surface area contributed by atoms with Crippen LogP contribution in [-0.2, 0) is 18.4 Å². The van der Waals surface area contributed by atoms with Crippen molar-refractivity contribution in [3.05, 3.63) is 36.5 Å².